The van der Waals surface area contributed by atoms with Crippen LogP contribution in [0.4, 0.5) is 5.13 Å². The number of hydrogen-bond acceptors (Lipinski definition) is 5. The van der Waals surface area contributed by atoms with Gasteiger partial charge < -0.3 is 15.4 Å². The highest BCUT2D eigenvalue weighted by Gasteiger charge is 2.18. The van der Waals surface area contributed by atoms with Crippen LogP contribution in [0.3, 0.4) is 0 Å². The fourth-order valence-electron chi connectivity index (χ4n) is 2.93. The number of carbonyl (C=O) groups excluding carboxylic acids is 1. The minimum Gasteiger partial charge on any atom is -0.493 e. The molecule has 0 unspecified atom stereocenters. The van der Waals surface area contributed by atoms with Gasteiger partial charge in [0.05, 0.1) is 12.3 Å². The summed E-state index contributed by atoms with van der Waals surface area (Å²) in [5, 5.41) is 8.86. The molecule has 5 nitrogen and oxygen atoms in total. The van der Waals surface area contributed by atoms with Crippen LogP contribution in [0.1, 0.15) is 26.2 Å². The van der Waals surface area contributed by atoms with Gasteiger partial charge in [-0.1, -0.05) is 12.1 Å². The SMILES string of the molecule is CCOc1ccccc1-c1csc(NC(=O)CC2CCNCC2)n1.Cl. The molecule has 1 aromatic heterocycles. The third kappa shape index (κ3) is 5.42. The number of rotatable bonds is 6. The van der Waals surface area contributed by atoms with Gasteiger partial charge in [0.2, 0.25) is 5.91 Å². The molecular weight excluding hydrogens is 358 g/mol. The van der Waals surface area contributed by atoms with Gasteiger partial charge in [-0.2, -0.15) is 0 Å². The number of hydrogen-bond donors (Lipinski definition) is 2. The molecule has 0 aliphatic carbocycles. The highest BCUT2D eigenvalue weighted by Crippen LogP contribution is 2.32. The molecule has 0 radical (unpaired) electrons. The Balaban J connectivity index is 0.00000225. The van der Waals surface area contributed by atoms with Gasteiger partial charge in [-0.25, -0.2) is 4.98 Å². The van der Waals surface area contributed by atoms with Crippen molar-refractivity contribution in [1.29, 1.82) is 0 Å². The van der Waals surface area contributed by atoms with E-state index in [2.05, 4.69) is 15.6 Å². The molecule has 3 rings (SSSR count). The predicted molar refractivity (Wildman–Crippen MR) is 105 cm³/mol. The molecule has 2 N–H and O–H groups in total. The number of benzene rings is 1. The van der Waals surface area contributed by atoms with Crippen molar-refractivity contribution in [2.45, 2.75) is 26.2 Å². The van der Waals surface area contributed by atoms with Crippen molar-refractivity contribution in [3.63, 3.8) is 0 Å². The number of para-hydroxylation sites is 1. The van der Waals surface area contributed by atoms with Crippen LogP contribution in [0.5, 0.6) is 5.75 Å². The second kappa shape index (κ2) is 9.75. The summed E-state index contributed by atoms with van der Waals surface area (Å²) in [7, 11) is 0. The molecule has 25 heavy (non-hydrogen) atoms. The molecule has 0 atom stereocenters. The first-order valence-corrected chi connectivity index (χ1v) is 9.32. The molecule has 1 amide bonds. The Morgan fingerprint density at radius 1 is 1.36 bits per heavy atom. The zero-order chi connectivity index (χ0) is 16.8. The number of nitrogens with one attached hydrogen (secondary N) is 2. The molecule has 0 saturated carbocycles. The number of amides is 1. The van der Waals surface area contributed by atoms with Crippen LogP contribution in [-0.4, -0.2) is 30.6 Å². The Morgan fingerprint density at radius 3 is 2.88 bits per heavy atom. The van der Waals surface area contributed by atoms with Crippen LogP contribution in [0.15, 0.2) is 29.6 Å². The summed E-state index contributed by atoms with van der Waals surface area (Å²) in [6, 6.07) is 7.84. The van der Waals surface area contributed by atoms with Gasteiger partial charge >= 0.3 is 0 Å². The van der Waals surface area contributed by atoms with Crippen molar-refractivity contribution in [2.24, 2.45) is 5.92 Å². The number of aromatic nitrogens is 1. The number of nitrogens with zero attached hydrogens (tertiary/aromatic N) is 1. The summed E-state index contributed by atoms with van der Waals surface area (Å²) >= 11 is 1.45. The number of carbonyl (C=O) groups is 1. The largest absolute Gasteiger partial charge is 0.493 e. The maximum atomic E-state index is 12.2. The topological polar surface area (TPSA) is 63.2 Å². The van der Waals surface area contributed by atoms with Crippen LogP contribution in [0.2, 0.25) is 0 Å². The predicted octanol–water partition coefficient (Wildman–Crippen LogP) is 3.96. The Bertz CT molecular complexity index is 686. The number of halogens is 1. The Hall–Kier alpha value is -1.63. The molecule has 2 heterocycles. The average molecular weight is 382 g/mol. The van der Waals surface area contributed by atoms with Crippen molar-refractivity contribution in [2.75, 3.05) is 25.0 Å². The monoisotopic (exact) mass is 381 g/mol. The van der Waals surface area contributed by atoms with Gasteiger partial charge in [-0.05, 0) is 50.9 Å². The Labute approximate surface area is 158 Å². The maximum absolute atomic E-state index is 12.2. The zero-order valence-electron chi connectivity index (χ0n) is 14.3. The van der Waals surface area contributed by atoms with Gasteiger partial charge in [0.1, 0.15) is 5.75 Å². The van der Waals surface area contributed by atoms with Crippen molar-refractivity contribution in [3.05, 3.63) is 29.6 Å². The van der Waals surface area contributed by atoms with E-state index < -0.39 is 0 Å². The van der Waals surface area contributed by atoms with Gasteiger partial charge in [-0.15, -0.1) is 23.7 Å². The van der Waals surface area contributed by atoms with Crippen molar-refractivity contribution >= 4 is 34.8 Å². The summed E-state index contributed by atoms with van der Waals surface area (Å²) in [6.07, 6.45) is 2.71. The summed E-state index contributed by atoms with van der Waals surface area (Å²) in [5.41, 5.74) is 1.79. The van der Waals surface area contributed by atoms with E-state index in [1.165, 1.54) is 11.3 Å². The van der Waals surface area contributed by atoms with Crippen LogP contribution < -0.4 is 15.4 Å². The van der Waals surface area contributed by atoms with E-state index in [-0.39, 0.29) is 18.3 Å². The van der Waals surface area contributed by atoms with E-state index in [1.807, 2.05) is 36.6 Å². The van der Waals surface area contributed by atoms with Crippen molar-refractivity contribution in [1.82, 2.24) is 10.3 Å². The summed E-state index contributed by atoms with van der Waals surface area (Å²) in [4.78, 5) is 16.8. The van der Waals surface area contributed by atoms with Crippen molar-refractivity contribution in [3.8, 4) is 17.0 Å². The van der Waals surface area contributed by atoms with E-state index >= 15 is 0 Å². The van der Waals surface area contributed by atoms with Crippen LogP contribution >= 0.6 is 23.7 Å². The highest BCUT2D eigenvalue weighted by molar-refractivity contribution is 7.14. The van der Waals surface area contributed by atoms with E-state index in [9.17, 15) is 4.79 Å². The molecule has 1 aliphatic rings. The van der Waals surface area contributed by atoms with Crippen LogP contribution in [-0.2, 0) is 4.79 Å². The first-order chi connectivity index (χ1) is 11.8. The third-order valence-electron chi connectivity index (χ3n) is 4.15. The number of thiazole rings is 1. The highest BCUT2D eigenvalue weighted by atomic mass is 35.5. The second-order valence-corrected chi connectivity index (χ2v) is 6.77. The first kappa shape index (κ1) is 19.7. The normalized spacial score (nSPS) is 14.6. The molecule has 0 bridgehead atoms. The van der Waals surface area contributed by atoms with Gasteiger partial charge in [0.15, 0.2) is 5.13 Å². The lowest BCUT2D eigenvalue weighted by molar-refractivity contribution is -0.117. The minimum absolute atomic E-state index is 0. The molecule has 1 aliphatic heterocycles. The summed E-state index contributed by atoms with van der Waals surface area (Å²) < 4.78 is 5.65. The number of anilines is 1. The molecule has 1 saturated heterocycles. The summed E-state index contributed by atoms with van der Waals surface area (Å²) in [6.45, 7) is 4.59. The lowest BCUT2D eigenvalue weighted by Crippen LogP contribution is -2.30. The molecular formula is C18H24ClN3O2S. The van der Waals surface area contributed by atoms with Gasteiger partial charge in [0.25, 0.3) is 0 Å². The minimum atomic E-state index is 0. The zero-order valence-corrected chi connectivity index (χ0v) is 15.9. The fourth-order valence-corrected chi connectivity index (χ4v) is 3.66. The van der Waals surface area contributed by atoms with Gasteiger partial charge in [-0.3, -0.25) is 4.79 Å². The van der Waals surface area contributed by atoms with Crippen molar-refractivity contribution < 1.29 is 9.53 Å². The Kier molecular flexibility index (Phi) is 7.68. The number of ether oxygens (including phenoxy) is 1. The standard InChI is InChI=1S/C18H23N3O2S.ClH/c1-2-23-16-6-4-3-5-14(16)15-12-24-18(20-15)21-17(22)11-13-7-9-19-10-8-13;/h3-6,12-13,19H,2,7-11H2,1H3,(H,20,21,22);1H. The quantitative estimate of drug-likeness (QED) is 0.795. The molecule has 2 aromatic rings. The second-order valence-electron chi connectivity index (χ2n) is 5.91. The van der Waals surface area contributed by atoms with E-state index in [0.717, 1.165) is 42.9 Å². The molecule has 136 valence electrons. The molecule has 0 spiro atoms. The number of piperidine rings is 1. The van der Waals surface area contributed by atoms with E-state index in [4.69, 9.17) is 4.74 Å². The fraction of sp³-hybridized carbons (Fsp3) is 0.444. The Morgan fingerprint density at radius 2 is 2.12 bits per heavy atom. The first-order valence-electron chi connectivity index (χ1n) is 8.44. The average Bonchev–Trinajstić information content (AvgIpc) is 3.04. The third-order valence-corrected chi connectivity index (χ3v) is 4.90. The molecule has 1 aromatic carbocycles. The lowest BCUT2D eigenvalue weighted by Gasteiger charge is -2.21. The molecule has 1 fully saturated rings. The maximum Gasteiger partial charge on any atom is 0.226 e. The van der Waals surface area contributed by atoms with Gasteiger partial charge in [0, 0.05) is 17.4 Å². The lowest BCUT2D eigenvalue weighted by atomic mass is 9.94. The smallest absolute Gasteiger partial charge is 0.226 e. The summed E-state index contributed by atoms with van der Waals surface area (Å²) in [5.74, 6) is 1.35. The van der Waals surface area contributed by atoms with E-state index in [0.29, 0.717) is 24.1 Å². The van der Waals surface area contributed by atoms with Crippen LogP contribution in [0.25, 0.3) is 11.3 Å². The van der Waals surface area contributed by atoms with Crippen LogP contribution in [0, 0.1) is 5.92 Å². The van der Waals surface area contributed by atoms with E-state index in [1.54, 1.807) is 0 Å². The molecule has 7 heteroatoms.